The van der Waals surface area contributed by atoms with E-state index in [9.17, 15) is 4.79 Å². The Kier molecular flexibility index (Phi) is 4.26. The number of carbonyl (C=O) groups is 1. The highest BCUT2D eigenvalue weighted by Crippen LogP contribution is 2.15. The highest BCUT2D eigenvalue weighted by atomic mass is 32.1. The van der Waals surface area contributed by atoms with Crippen LogP contribution in [-0.4, -0.2) is 41.7 Å². The van der Waals surface area contributed by atoms with Crippen LogP contribution in [0.1, 0.15) is 26.7 Å². The van der Waals surface area contributed by atoms with Gasteiger partial charge in [0.05, 0.1) is 5.25 Å². The highest BCUT2D eigenvalue weighted by molar-refractivity contribution is 7.81. The van der Waals surface area contributed by atoms with Crippen molar-refractivity contribution >= 4 is 18.5 Å². The van der Waals surface area contributed by atoms with Gasteiger partial charge in [-0.1, -0.05) is 0 Å². The molecule has 0 spiro atoms. The third-order valence-electron chi connectivity index (χ3n) is 2.93. The molecule has 1 saturated heterocycles. The molecule has 3 unspecified atom stereocenters. The summed E-state index contributed by atoms with van der Waals surface area (Å²) in [5.74, 6) is 0.0510. The van der Waals surface area contributed by atoms with E-state index in [4.69, 9.17) is 0 Å². The molecule has 0 bridgehead atoms. The number of rotatable bonds is 2. The van der Waals surface area contributed by atoms with Gasteiger partial charge in [0.25, 0.3) is 0 Å². The van der Waals surface area contributed by atoms with Crippen molar-refractivity contribution in [1.29, 1.82) is 0 Å². The summed E-state index contributed by atoms with van der Waals surface area (Å²) in [4.78, 5) is 13.7. The number of hydrogen-bond donors (Lipinski definition) is 2. The Morgan fingerprint density at radius 2 is 2.29 bits per heavy atom. The van der Waals surface area contributed by atoms with E-state index in [2.05, 4.69) is 36.8 Å². The molecule has 0 aromatic carbocycles. The monoisotopic (exact) mass is 216 g/mol. The molecule has 0 aromatic rings. The van der Waals surface area contributed by atoms with Gasteiger partial charge in [0.2, 0.25) is 5.91 Å². The Bertz CT molecular complexity index is 208. The zero-order valence-electron chi connectivity index (χ0n) is 9.16. The van der Waals surface area contributed by atoms with Crippen LogP contribution in [0, 0.1) is 0 Å². The number of carbonyl (C=O) groups excluding carboxylic acids is 1. The molecule has 1 amide bonds. The summed E-state index contributed by atoms with van der Waals surface area (Å²) >= 11 is 4.11. The number of likely N-dealkylation sites (tertiary alicyclic amines) is 1. The SMILES string of the molecule is CC(S)C(=O)NC1CCN(C)C(C)C1. The standard InChI is InChI=1S/C10H20N2OS/c1-7-6-9(4-5-12(7)3)11-10(13)8(2)14/h7-9,14H,4-6H2,1-3H3,(H,11,13). The molecule has 3 nitrogen and oxygen atoms in total. The van der Waals surface area contributed by atoms with Crippen LogP contribution in [0.4, 0.5) is 0 Å². The van der Waals surface area contributed by atoms with Crippen molar-refractivity contribution in [3.63, 3.8) is 0 Å². The predicted molar refractivity (Wildman–Crippen MR) is 61.7 cm³/mol. The predicted octanol–water partition coefficient (Wildman–Crippen LogP) is 0.904. The molecule has 0 aromatic heterocycles. The maximum Gasteiger partial charge on any atom is 0.232 e. The molecule has 1 rings (SSSR count). The smallest absolute Gasteiger partial charge is 0.232 e. The summed E-state index contributed by atoms with van der Waals surface area (Å²) in [6.45, 7) is 5.06. The van der Waals surface area contributed by atoms with E-state index < -0.39 is 0 Å². The lowest BCUT2D eigenvalue weighted by atomic mass is 9.99. The Morgan fingerprint density at radius 3 is 2.79 bits per heavy atom. The fraction of sp³-hybridized carbons (Fsp3) is 0.900. The van der Waals surface area contributed by atoms with Crippen molar-refractivity contribution < 1.29 is 4.79 Å². The number of hydrogen-bond acceptors (Lipinski definition) is 3. The van der Waals surface area contributed by atoms with Gasteiger partial charge in [-0.2, -0.15) is 12.6 Å². The van der Waals surface area contributed by atoms with Crippen LogP contribution in [0.5, 0.6) is 0 Å². The van der Waals surface area contributed by atoms with Crippen LogP contribution in [0.3, 0.4) is 0 Å². The van der Waals surface area contributed by atoms with Crippen LogP contribution >= 0.6 is 12.6 Å². The maximum atomic E-state index is 11.4. The minimum absolute atomic E-state index is 0.0510. The Balaban J connectivity index is 2.37. The first kappa shape index (κ1) is 11.9. The van der Waals surface area contributed by atoms with Gasteiger partial charge >= 0.3 is 0 Å². The van der Waals surface area contributed by atoms with Crippen molar-refractivity contribution in [2.24, 2.45) is 0 Å². The second-order valence-electron chi connectivity index (χ2n) is 4.24. The fourth-order valence-electron chi connectivity index (χ4n) is 1.74. The molecule has 0 radical (unpaired) electrons. The van der Waals surface area contributed by atoms with Crippen LogP contribution in [0.25, 0.3) is 0 Å². The van der Waals surface area contributed by atoms with Crippen molar-refractivity contribution in [3.05, 3.63) is 0 Å². The van der Waals surface area contributed by atoms with E-state index in [1.54, 1.807) is 6.92 Å². The summed E-state index contributed by atoms with van der Waals surface area (Å²) in [6.07, 6.45) is 2.09. The first-order valence-electron chi connectivity index (χ1n) is 5.19. The first-order valence-corrected chi connectivity index (χ1v) is 5.71. The largest absolute Gasteiger partial charge is 0.352 e. The van der Waals surface area contributed by atoms with Crippen molar-refractivity contribution in [2.75, 3.05) is 13.6 Å². The molecule has 0 saturated carbocycles. The Morgan fingerprint density at radius 1 is 1.64 bits per heavy atom. The number of amides is 1. The molecular weight excluding hydrogens is 196 g/mol. The number of nitrogens with zero attached hydrogens (tertiary/aromatic N) is 1. The third kappa shape index (κ3) is 3.17. The summed E-state index contributed by atoms with van der Waals surface area (Å²) < 4.78 is 0. The van der Waals surface area contributed by atoms with E-state index >= 15 is 0 Å². The summed E-state index contributed by atoms with van der Waals surface area (Å²) in [7, 11) is 2.13. The Labute approximate surface area is 91.6 Å². The Hall–Kier alpha value is -0.220. The lowest BCUT2D eigenvalue weighted by molar-refractivity contribution is -0.121. The second-order valence-corrected chi connectivity index (χ2v) is 5.01. The van der Waals surface area contributed by atoms with Gasteiger partial charge in [-0.15, -0.1) is 0 Å². The average molecular weight is 216 g/mol. The molecule has 14 heavy (non-hydrogen) atoms. The molecular formula is C10H20N2OS. The zero-order chi connectivity index (χ0) is 10.7. The number of thiol groups is 1. The van der Waals surface area contributed by atoms with Gasteiger partial charge in [-0.05, 0) is 33.7 Å². The van der Waals surface area contributed by atoms with Crippen molar-refractivity contribution in [3.8, 4) is 0 Å². The molecule has 3 atom stereocenters. The van der Waals surface area contributed by atoms with Crippen LogP contribution < -0.4 is 5.32 Å². The molecule has 1 N–H and O–H groups in total. The number of piperidine rings is 1. The summed E-state index contributed by atoms with van der Waals surface area (Å²) in [5, 5.41) is 2.82. The van der Waals surface area contributed by atoms with E-state index in [1.165, 1.54) is 0 Å². The van der Waals surface area contributed by atoms with Crippen molar-refractivity contribution in [1.82, 2.24) is 10.2 Å². The molecule has 1 fully saturated rings. The second kappa shape index (κ2) is 5.03. The van der Waals surface area contributed by atoms with Gasteiger partial charge in [0.1, 0.15) is 0 Å². The minimum atomic E-state index is -0.204. The minimum Gasteiger partial charge on any atom is -0.352 e. The highest BCUT2D eigenvalue weighted by Gasteiger charge is 2.24. The van der Waals surface area contributed by atoms with E-state index in [-0.39, 0.29) is 11.2 Å². The van der Waals surface area contributed by atoms with E-state index in [0.29, 0.717) is 12.1 Å². The van der Waals surface area contributed by atoms with Gasteiger partial charge in [0, 0.05) is 18.6 Å². The molecule has 0 aliphatic carbocycles. The van der Waals surface area contributed by atoms with Gasteiger partial charge in [-0.25, -0.2) is 0 Å². The summed E-state index contributed by atoms with van der Waals surface area (Å²) in [6, 6.07) is 0.896. The lowest BCUT2D eigenvalue weighted by Crippen LogP contribution is -2.48. The molecule has 1 heterocycles. The fourth-order valence-corrected chi connectivity index (χ4v) is 1.82. The van der Waals surface area contributed by atoms with E-state index in [0.717, 1.165) is 19.4 Å². The molecule has 82 valence electrons. The summed E-state index contributed by atoms with van der Waals surface area (Å²) in [5.41, 5.74) is 0. The van der Waals surface area contributed by atoms with Gasteiger partial charge in [-0.3, -0.25) is 4.79 Å². The molecule has 4 heteroatoms. The van der Waals surface area contributed by atoms with Crippen LogP contribution in [-0.2, 0) is 4.79 Å². The molecule has 1 aliphatic heterocycles. The van der Waals surface area contributed by atoms with Gasteiger partial charge < -0.3 is 10.2 Å². The topological polar surface area (TPSA) is 32.3 Å². The average Bonchev–Trinajstić information content (AvgIpc) is 2.11. The third-order valence-corrected chi connectivity index (χ3v) is 3.17. The lowest BCUT2D eigenvalue weighted by Gasteiger charge is -2.35. The van der Waals surface area contributed by atoms with Crippen molar-refractivity contribution in [2.45, 2.75) is 44.0 Å². The molecule has 1 aliphatic rings. The normalized spacial score (nSPS) is 31.1. The van der Waals surface area contributed by atoms with Gasteiger partial charge in [0.15, 0.2) is 0 Å². The van der Waals surface area contributed by atoms with E-state index in [1.807, 2.05) is 0 Å². The quantitative estimate of drug-likeness (QED) is 0.672. The zero-order valence-corrected chi connectivity index (χ0v) is 10.1. The maximum absolute atomic E-state index is 11.4. The number of nitrogens with one attached hydrogen (secondary N) is 1. The first-order chi connectivity index (χ1) is 6.50. The van der Waals surface area contributed by atoms with Crippen LogP contribution in [0.15, 0.2) is 0 Å². The van der Waals surface area contributed by atoms with Crippen LogP contribution in [0.2, 0.25) is 0 Å².